The molecule has 4 rings (SSSR count). The standard InChI is InChI=1S/C17H13F2N5O4S2/c18-9-3-4-10(24-30(26,27)11-2-1-5-28-11)12(19)14(9)23-17(25)8-6-29-15-13(8)21-7-22-16(15)20/h1-7,16,24H,20H2,(H,21,22)(H,23,25). The number of benzene rings is 1. The second-order valence-corrected chi connectivity index (χ2v) is 8.57. The Morgan fingerprint density at radius 1 is 1.30 bits per heavy atom. The topological polar surface area (TPSA) is 139 Å². The number of fused-ring (bicyclic) bond motifs is 1. The summed E-state index contributed by atoms with van der Waals surface area (Å²) < 4.78 is 60.3. The molecule has 1 aliphatic heterocycles. The number of sulfonamides is 1. The SMILES string of the molecule is NC1NC=Nc2c(C(=O)Nc3c(F)ccc(NS(=O)(=O)c4ccco4)c3F)csc21. The van der Waals surface area contributed by atoms with Crippen molar-refractivity contribution in [2.24, 2.45) is 10.7 Å². The molecule has 3 aromatic rings. The Morgan fingerprint density at radius 3 is 2.83 bits per heavy atom. The lowest BCUT2D eigenvalue weighted by molar-refractivity contribution is 0.102. The molecule has 0 aliphatic carbocycles. The number of anilines is 2. The lowest BCUT2D eigenvalue weighted by Gasteiger charge is -2.16. The Kier molecular flexibility index (Phi) is 5.01. The molecule has 1 amide bonds. The van der Waals surface area contributed by atoms with E-state index >= 15 is 0 Å². The molecule has 0 spiro atoms. The lowest BCUT2D eigenvalue weighted by Crippen LogP contribution is -2.29. The van der Waals surface area contributed by atoms with E-state index in [0.717, 1.165) is 24.5 Å². The Hall–Kier alpha value is -3.29. The zero-order chi connectivity index (χ0) is 21.5. The number of aliphatic imine (C=N–C) groups is 1. The molecule has 0 bridgehead atoms. The van der Waals surface area contributed by atoms with Gasteiger partial charge in [0.1, 0.15) is 17.7 Å². The molecule has 5 N–H and O–H groups in total. The Bertz CT molecular complexity index is 1260. The Morgan fingerprint density at radius 2 is 2.10 bits per heavy atom. The van der Waals surface area contributed by atoms with Gasteiger partial charge in [0.05, 0.1) is 34.4 Å². The molecule has 13 heteroatoms. The van der Waals surface area contributed by atoms with Gasteiger partial charge in [0.15, 0.2) is 5.82 Å². The molecule has 30 heavy (non-hydrogen) atoms. The summed E-state index contributed by atoms with van der Waals surface area (Å²) in [6, 6.07) is 4.21. The van der Waals surface area contributed by atoms with Crippen LogP contribution in [0, 0.1) is 11.6 Å². The maximum atomic E-state index is 14.8. The van der Waals surface area contributed by atoms with E-state index in [0.29, 0.717) is 10.6 Å². The molecule has 0 saturated carbocycles. The van der Waals surface area contributed by atoms with E-state index in [4.69, 9.17) is 10.2 Å². The van der Waals surface area contributed by atoms with E-state index in [1.807, 2.05) is 4.72 Å². The van der Waals surface area contributed by atoms with Gasteiger partial charge in [0, 0.05) is 5.38 Å². The summed E-state index contributed by atoms with van der Waals surface area (Å²) in [6.07, 6.45) is 1.89. The van der Waals surface area contributed by atoms with Crippen LogP contribution in [0.4, 0.5) is 25.8 Å². The zero-order valence-electron chi connectivity index (χ0n) is 14.8. The van der Waals surface area contributed by atoms with Crippen LogP contribution in [-0.2, 0) is 10.0 Å². The first-order chi connectivity index (χ1) is 14.3. The van der Waals surface area contributed by atoms with Gasteiger partial charge in [0.2, 0.25) is 5.09 Å². The number of carbonyl (C=O) groups is 1. The first kappa shape index (κ1) is 20.0. The van der Waals surface area contributed by atoms with Gasteiger partial charge in [-0.15, -0.1) is 11.3 Å². The number of furan rings is 1. The minimum Gasteiger partial charge on any atom is -0.451 e. The predicted octanol–water partition coefficient (Wildman–Crippen LogP) is 2.89. The van der Waals surface area contributed by atoms with Crippen LogP contribution in [0.15, 0.2) is 50.4 Å². The molecule has 0 saturated heterocycles. The molecule has 3 heterocycles. The van der Waals surface area contributed by atoms with Crippen molar-refractivity contribution < 1.29 is 26.4 Å². The molecule has 1 aliphatic rings. The van der Waals surface area contributed by atoms with Gasteiger partial charge in [-0.3, -0.25) is 9.52 Å². The largest absolute Gasteiger partial charge is 0.451 e. The van der Waals surface area contributed by atoms with Crippen LogP contribution in [0.3, 0.4) is 0 Å². The summed E-state index contributed by atoms with van der Waals surface area (Å²) in [5.74, 6) is -3.22. The molecular formula is C17H13F2N5O4S2. The van der Waals surface area contributed by atoms with Crippen molar-refractivity contribution in [2.45, 2.75) is 11.3 Å². The number of amides is 1. The van der Waals surface area contributed by atoms with E-state index < -0.39 is 50.2 Å². The van der Waals surface area contributed by atoms with Crippen molar-refractivity contribution >= 4 is 50.7 Å². The average molecular weight is 453 g/mol. The summed E-state index contributed by atoms with van der Waals surface area (Å²) in [7, 11) is -4.24. The average Bonchev–Trinajstić information content (AvgIpc) is 3.38. The maximum Gasteiger partial charge on any atom is 0.295 e. The molecule has 156 valence electrons. The first-order valence-corrected chi connectivity index (χ1v) is 10.7. The molecule has 2 aromatic heterocycles. The van der Waals surface area contributed by atoms with Crippen molar-refractivity contribution in [1.29, 1.82) is 0 Å². The smallest absolute Gasteiger partial charge is 0.295 e. The second-order valence-electron chi connectivity index (χ2n) is 6.04. The molecule has 0 radical (unpaired) electrons. The number of nitrogens with one attached hydrogen (secondary N) is 3. The van der Waals surface area contributed by atoms with Crippen LogP contribution < -0.4 is 21.1 Å². The van der Waals surface area contributed by atoms with Crippen molar-refractivity contribution in [1.82, 2.24) is 5.32 Å². The van der Waals surface area contributed by atoms with Crippen molar-refractivity contribution in [3.8, 4) is 0 Å². The summed E-state index contributed by atoms with van der Waals surface area (Å²) in [6.45, 7) is 0. The Labute approximate surface area is 172 Å². The quantitative estimate of drug-likeness (QED) is 0.469. The highest BCUT2D eigenvalue weighted by Crippen LogP contribution is 2.36. The minimum atomic E-state index is -4.24. The molecule has 9 nitrogen and oxygen atoms in total. The highest BCUT2D eigenvalue weighted by Gasteiger charge is 2.26. The number of nitrogens with two attached hydrogens (primary N) is 1. The number of hydrogen-bond acceptors (Lipinski definition) is 8. The fourth-order valence-corrected chi connectivity index (χ4v) is 4.62. The zero-order valence-corrected chi connectivity index (χ0v) is 16.5. The van der Waals surface area contributed by atoms with E-state index in [-0.39, 0.29) is 5.56 Å². The van der Waals surface area contributed by atoms with Crippen LogP contribution in [0.25, 0.3) is 0 Å². The summed E-state index contributed by atoms with van der Waals surface area (Å²) >= 11 is 1.17. The molecule has 1 aromatic carbocycles. The summed E-state index contributed by atoms with van der Waals surface area (Å²) in [5, 5.41) is 5.91. The third-order valence-corrected chi connectivity index (χ3v) is 6.41. The van der Waals surface area contributed by atoms with Gasteiger partial charge in [-0.1, -0.05) is 0 Å². The molecule has 0 fully saturated rings. The molecular weight excluding hydrogens is 440 g/mol. The van der Waals surface area contributed by atoms with Gasteiger partial charge in [-0.05, 0) is 24.3 Å². The van der Waals surface area contributed by atoms with Gasteiger partial charge in [-0.25, -0.2) is 13.8 Å². The number of halogens is 2. The van der Waals surface area contributed by atoms with Crippen molar-refractivity contribution in [3.63, 3.8) is 0 Å². The highest BCUT2D eigenvalue weighted by molar-refractivity contribution is 7.92. The van der Waals surface area contributed by atoms with Crippen molar-refractivity contribution in [2.75, 3.05) is 10.0 Å². The second kappa shape index (κ2) is 7.51. The summed E-state index contributed by atoms with van der Waals surface area (Å²) in [5.41, 5.74) is 4.84. The first-order valence-electron chi connectivity index (χ1n) is 8.29. The highest BCUT2D eigenvalue weighted by atomic mass is 32.2. The lowest BCUT2D eigenvalue weighted by atomic mass is 10.2. The molecule has 1 unspecified atom stereocenters. The van der Waals surface area contributed by atoms with Crippen LogP contribution in [-0.4, -0.2) is 20.7 Å². The monoisotopic (exact) mass is 453 g/mol. The fraction of sp³-hybridized carbons (Fsp3) is 0.0588. The van der Waals surface area contributed by atoms with Gasteiger partial charge in [0.25, 0.3) is 15.9 Å². The number of carbonyl (C=O) groups excluding carboxylic acids is 1. The van der Waals surface area contributed by atoms with Crippen LogP contribution >= 0.6 is 11.3 Å². The van der Waals surface area contributed by atoms with E-state index in [1.165, 1.54) is 29.1 Å². The number of thiophene rings is 1. The normalized spacial score (nSPS) is 15.4. The fourth-order valence-electron chi connectivity index (χ4n) is 2.68. The van der Waals surface area contributed by atoms with Crippen LogP contribution in [0.2, 0.25) is 0 Å². The third kappa shape index (κ3) is 3.53. The van der Waals surface area contributed by atoms with Gasteiger partial charge < -0.3 is 20.8 Å². The van der Waals surface area contributed by atoms with Gasteiger partial charge >= 0.3 is 0 Å². The Balaban J connectivity index is 1.64. The predicted molar refractivity (Wildman–Crippen MR) is 106 cm³/mol. The third-order valence-electron chi connectivity index (χ3n) is 4.10. The molecule has 1 atom stereocenters. The number of hydrogen-bond donors (Lipinski definition) is 4. The van der Waals surface area contributed by atoms with E-state index in [1.54, 1.807) is 0 Å². The van der Waals surface area contributed by atoms with Crippen molar-refractivity contribution in [3.05, 3.63) is 58.0 Å². The van der Waals surface area contributed by atoms with Crippen LogP contribution in [0.5, 0.6) is 0 Å². The minimum absolute atomic E-state index is 0.0727. The maximum absolute atomic E-state index is 14.8. The van der Waals surface area contributed by atoms with Gasteiger partial charge in [-0.2, -0.15) is 8.42 Å². The van der Waals surface area contributed by atoms with Crippen LogP contribution in [0.1, 0.15) is 21.4 Å². The number of rotatable bonds is 5. The summed E-state index contributed by atoms with van der Waals surface area (Å²) in [4.78, 5) is 17.3. The van der Waals surface area contributed by atoms with E-state index in [2.05, 4.69) is 15.6 Å². The number of nitrogens with zero attached hydrogens (tertiary/aromatic N) is 1. The van der Waals surface area contributed by atoms with E-state index in [9.17, 15) is 22.0 Å².